The van der Waals surface area contributed by atoms with Crippen molar-refractivity contribution < 1.29 is 28.9 Å². The molecule has 0 aliphatic carbocycles. The Labute approximate surface area is 112 Å². The number of ether oxygens (including phenoxy) is 3. The summed E-state index contributed by atoms with van der Waals surface area (Å²) in [7, 11) is 0. The van der Waals surface area contributed by atoms with Gasteiger partial charge in [0, 0.05) is 25.7 Å². The number of epoxide rings is 2. The highest BCUT2D eigenvalue weighted by atomic mass is 16.6. The van der Waals surface area contributed by atoms with Gasteiger partial charge < -0.3 is 19.3 Å². The number of rotatable bonds is 10. The summed E-state index contributed by atoms with van der Waals surface area (Å²) in [6.45, 7) is 1.50. The maximum atomic E-state index is 11.7. The summed E-state index contributed by atoms with van der Waals surface area (Å²) in [6.07, 6.45) is 3.23. The number of aliphatic carboxylic acids is 1. The second kappa shape index (κ2) is 6.86. The van der Waals surface area contributed by atoms with Crippen LogP contribution in [-0.4, -0.2) is 48.6 Å². The van der Waals surface area contributed by atoms with E-state index in [1.54, 1.807) is 0 Å². The molecular formula is C13H20O6. The molecule has 0 amide bonds. The zero-order chi connectivity index (χ0) is 13.7. The number of unbranched alkanes of at least 4 members (excludes halogenated alkanes) is 1. The maximum Gasteiger partial charge on any atom is 0.306 e. The zero-order valence-electron chi connectivity index (χ0n) is 10.9. The number of carbonyl (C=O) groups is 2. The van der Waals surface area contributed by atoms with Gasteiger partial charge in [0.15, 0.2) is 0 Å². The summed E-state index contributed by atoms with van der Waals surface area (Å²) >= 11 is 0. The normalized spacial score (nSPS) is 25.7. The molecule has 0 aromatic rings. The summed E-state index contributed by atoms with van der Waals surface area (Å²) in [6, 6.07) is 0. The van der Waals surface area contributed by atoms with Crippen molar-refractivity contribution in [2.75, 3.05) is 13.2 Å². The molecule has 1 N–H and O–H groups in total. The molecule has 0 saturated carbocycles. The third-order valence-electron chi connectivity index (χ3n) is 3.18. The first-order chi connectivity index (χ1) is 9.13. The lowest BCUT2D eigenvalue weighted by Crippen LogP contribution is -2.22. The van der Waals surface area contributed by atoms with E-state index in [0.29, 0.717) is 12.8 Å². The lowest BCUT2D eigenvalue weighted by atomic mass is 10.1. The number of hydrogen-bond donors (Lipinski definition) is 1. The predicted octanol–water partition coefficient (Wildman–Crippen LogP) is 1.12. The van der Waals surface area contributed by atoms with E-state index in [4.69, 9.17) is 19.3 Å². The summed E-state index contributed by atoms with van der Waals surface area (Å²) in [5.41, 5.74) is 0. The topological polar surface area (TPSA) is 88.7 Å². The number of hydrogen-bond acceptors (Lipinski definition) is 5. The molecule has 2 atom stereocenters. The van der Waals surface area contributed by atoms with Crippen molar-refractivity contribution >= 4 is 11.9 Å². The average Bonchev–Trinajstić information content (AvgIpc) is 3.20. The molecule has 2 saturated heterocycles. The monoisotopic (exact) mass is 272 g/mol. The van der Waals surface area contributed by atoms with Gasteiger partial charge in [-0.15, -0.1) is 0 Å². The Balaban J connectivity index is 1.60. The number of carboxylic acid groups (broad SMARTS) is 1. The third kappa shape index (κ3) is 6.54. The van der Waals surface area contributed by atoms with Crippen LogP contribution in [0.3, 0.4) is 0 Å². The van der Waals surface area contributed by atoms with Crippen LogP contribution in [0, 0.1) is 0 Å². The van der Waals surface area contributed by atoms with Crippen LogP contribution in [0.1, 0.15) is 38.5 Å². The largest absolute Gasteiger partial charge is 0.481 e. The fourth-order valence-electron chi connectivity index (χ4n) is 1.98. The minimum Gasteiger partial charge on any atom is -0.481 e. The van der Waals surface area contributed by atoms with Gasteiger partial charge in [0.2, 0.25) is 0 Å². The van der Waals surface area contributed by atoms with Crippen LogP contribution in [-0.2, 0) is 23.8 Å². The Kier molecular flexibility index (Phi) is 5.15. The van der Waals surface area contributed by atoms with E-state index < -0.39 is 5.97 Å². The molecule has 6 heteroatoms. The first-order valence-electron chi connectivity index (χ1n) is 6.78. The van der Waals surface area contributed by atoms with Gasteiger partial charge in [0.25, 0.3) is 0 Å². The molecule has 2 aliphatic heterocycles. The van der Waals surface area contributed by atoms with Crippen LogP contribution in [0.15, 0.2) is 0 Å². The van der Waals surface area contributed by atoms with E-state index >= 15 is 0 Å². The van der Waals surface area contributed by atoms with Gasteiger partial charge in [-0.2, -0.15) is 0 Å². The second-order valence-corrected chi connectivity index (χ2v) is 5.09. The Morgan fingerprint density at radius 2 is 1.63 bits per heavy atom. The van der Waals surface area contributed by atoms with Crippen LogP contribution < -0.4 is 0 Å². The number of carboxylic acids is 1. The molecule has 0 bridgehead atoms. The molecule has 0 spiro atoms. The van der Waals surface area contributed by atoms with Crippen molar-refractivity contribution in [1.29, 1.82) is 0 Å². The minimum atomic E-state index is -0.831. The van der Waals surface area contributed by atoms with Crippen LogP contribution in [0.4, 0.5) is 0 Å². The van der Waals surface area contributed by atoms with E-state index in [1.807, 2.05) is 0 Å². The SMILES string of the molecule is O=C(O)CCCCC(=O)OC(CC1CO1)CC1CO1. The molecule has 19 heavy (non-hydrogen) atoms. The van der Waals surface area contributed by atoms with Crippen molar-refractivity contribution in [1.82, 2.24) is 0 Å². The quantitative estimate of drug-likeness (QED) is 0.364. The smallest absolute Gasteiger partial charge is 0.306 e. The Hall–Kier alpha value is -1.14. The summed E-state index contributed by atoms with van der Waals surface area (Å²) < 4.78 is 15.7. The summed E-state index contributed by atoms with van der Waals surface area (Å²) in [5, 5.41) is 8.49. The molecule has 2 heterocycles. The second-order valence-electron chi connectivity index (χ2n) is 5.09. The van der Waals surface area contributed by atoms with E-state index in [2.05, 4.69) is 0 Å². The van der Waals surface area contributed by atoms with Crippen LogP contribution in [0.2, 0.25) is 0 Å². The van der Waals surface area contributed by atoms with Crippen molar-refractivity contribution in [2.45, 2.75) is 56.8 Å². The highest BCUT2D eigenvalue weighted by Crippen LogP contribution is 2.25. The lowest BCUT2D eigenvalue weighted by molar-refractivity contribution is -0.150. The van der Waals surface area contributed by atoms with E-state index in [9.17, 15) is 9.59 Å². The van der Waals surface area contributed by atoms with Gasteiger partial charge in [-0.3, -0.25) is 9.59 Å². The van der Waals surface area contributed by atoms with Gasteiger partial charge in [-0.25, -0.2) is 0 Å². The zero-order valence-corrected chi connectivity index (χ0v) is 10.9. The fourth-order valence-corrected chi connectivity index (χ4v) is 1.98. The first-order valence-corrected chi connectivity index (χ1v) is 6.78. The Morgan fingerprint density at radius 1 is 1.11 bits per heavy atom. The number of esters is 1. The molecule has 2 fully saturated rings. The van der Waals surface area contributed by atoms with Crippen molar-refractivity contribution in [3.63, 3.8) is 0 Å². The lowest BCUT2D eigenvalue weighted by Gasteiger charge is -2.16. The molecule has 2 rings (SSSR count). The average molecular weight is 272 g/mol. The minimum absolute atomic E-state index is 0.0997. The van der Waals surface area contributed by atoms with Gasteiger partial charge in [-0.05, 0) is 12.8 Å². The molecule has 0 aromatic heterocycles. The van der Waals surface area contributed by atoms with Crippen molar-refractivity contribution in [2.24, 2.45) is 0 Å². The standard InChI is InChI=1S/C13H20O6/c14-12(15)3-1-2-4-13(16)19-9(5-10-7-17-10)6-11-8-18-11/h9-11H,1-8H2,(H,14,15). The van der Waals surface area contributed by atoms with E-state index in [1.165, 1.54) is 0 Å². The molecule has 0 aromatic carbocycles. The van der Waals surface area contributed by atoms with E-state index in [-0.39, 0.29) is 37.1 Å². The van der Waals surface area contributed by atoms with Gasteiger partial charge in [0.05, 0.1) is 25.4 Å². The fraction of sp³-hybridized carbons (Fsp3) is 0.846. The Morgan fingerprint density at radius 3 is 2.11 bits per heavy atom. The molecule has 108 valence electrons. The molecule has 2 aliphatic rings. The summed E-state index contributed by atoms with van der Waals surface area (Å²) in [4.78, 5) is 22.0. The highest BCUT2D eigenvalue weighted by molar-refractivity contribution is 5.70. The van der Waals surface area contributed by atoms with Crippen LogP contribution in [0.25, 0.3) is 0 Å². The van der Waals surface area contributed by atoms with Gasteiger partial charge in [0.1, 0.15) is 6.10 Å². The summed E-state index contributed by atoms with van der Waals surface area (Å²) in [5.74, 6) is -1.08. The molecule has 2 unspecified atom stereocenters. The Bertz CT molecular complexity index is 307. The van der Waals surface area contributed by atoms with Gasteiger partial charge >= 0.3 is 11.9 Å². The molecule has 0 radical (unpaired) electrons. The maximum absolute atomic E-state index is 11.7. The van der Waals surface area contributed by atoms with Crippen molar-refractivity contribution in [3.8, 4) is 0 Å². The molecular weight excluding hydrogens is 252 g/mol. The predicted molar refractivity (Wildman–Crippen MR) is 64.7 cm³/mol. The van der Waals surface area contributed by atoms with Crippen molar-refractivity contribution in [3.05, 3.63) is 0 Å². The van der Waals surface area contributed by atoms with Gasteiger partial charge in [-0.1, -0.05) is 0 Å². The molecule has 6 nitrogen and oxygen atoms in total. The van der Waals surface area contributed by atoms with E-state index in [0.717, 1.165) is 26.1 Å². The third-order valence-corrected chi connectivity index (χ3v) is 3.18. The van der Waals surface area contributed by atoms with Crippen LogP contribution in [0.5, 0.6) is 0 Å². The first kappa shape index (κ1) is 14.3. The highest BCUT2D eigenvalue weighted by Gasteiger charge is 2.33. The number of carbonyl (C=O) groups excluding carboxylic acids is 1. The van der Waals surface area contributed by atoms with Crippen LogP contribution >= 0.6 is 0 Å².